The van der Waals surface area contributed by atoms with Gasteiger partial charge in [-0.3, -0.25) is 0 Å². The summed E-state index contributed by atoms with van der Waals surface area (Å²) >= 11 is 0. The molecule has 1 saturated carbocycles. The fourth-order valence-corrected chi connectivity index (χ4v) is 7.20. The summed E-state index contributed by atoms with van der Waals surface area (Å²) in [4.78, 5) is 11.4. The van der Waals surface area contributed by atoms with Crippen molar-refractivity contribution in [2.45, 2.75) is 48.6 Å². The van der Waals surface area contributed by atoms with Crippen molar-refractivity contribution in [1.82, 2.24) is 4.90 Å². The Balaban J connectivity index is 0.000000287. The first-order chi connectivity index (χ1) is 15.5. The van der Waals surface area contributed by atoms with Crippen molar-refractivity contribution in [3.05, 3.63) is 35.4 Å². The van der Waals surface area contributed by atoms with Gasteiger partial charge in [0.25, 0.3) is 0 Å². The van der Waals surface area contributed by atoms with Crippen LogP contribution in [0.1, 0.15) is 24.0 Å². The molecule has 33 heavy (non-hydrogen) atoms. The number of nitrogens with zero attached hydrogens (tertiary/aromatic N) is 2. The van der Waals surface area contributed by atoms with Gasteiger partial charge in [0, 0.05) is 24.1 Å². The number of phenolic OH excluding ortho intramolecular Hbond substituents is 1. The molecule has 7 rings (SSSR count). The Morgan fingerprint density at radius 1 is 1.36 bits per heavy atom. The second-order valence-corrected chi connectivity index (χ2v) is 9.49. The van der Waals surface area contributed by atoms with Crippen LogP contribution in [0.4, 0.5) is 13.2 Å². The fraction of sp³-hybridized carbons (Fsp3) is 0.565. The van der Waals surface area contributed by atoms with Crippen LogP contribution >= 0.6 is 0 Å². The van der Waals surface area contributed by atoms with E-state index in [4.69, 9.17) is 19.4 Å². The molecule has 176 valence electrons. The zero-order valence-electron chi connectivity index (χ0n) is 18.0. The SMILES string of the molecule is CO[C@@]12C=C[C@@]3(C[C@H]1C#N)[C@H]1Cc4ccc(O)c5c4[C@@]3(CCN1C)[C@H]2O5.O=C(O)C(F)(F)F. The third kappa shape index (κ3) is 2.44. The van der Waals surface area contributed by atoms with Crippen molar-refractivity contribution in [3.63, 3.8) is 0 Å². The number of ether oxygens (including phenoxy) is 2. The van der Waals surface area contributed by atoms with Gasteiger partial charge in [0.2, 0.25) is 0 Å². The van der Waals surface area contributed by atoms with Crippen LogP contribution in [0.2, 0.25) is 0 Å². The minimum atomic E-state index is -5.08. The fourth-order valence-electron chi connectivity index (χ4n) is 7.20. The van der Waals surface area contributed by atoms with Gasteiger partial charge in [-0.05, 0) is 44.5 Å². The molecular formula is C23H23F3N2O5. The number of aliphatic carboxylic acids is 1. The number of alkyl halides is 3. The predicted molar refractivity (Wildman–Crippen MR) is 108 cm³/mol. The van der Waals surface area contributed by atoms with Crippen LogP contribution in [0.5, 0.6) is 11.5 Å². The average molecular weight is 464 g/mol. The number of carbonyl (C=O) groups is 1. The number of likely N-dealkylation sites (N-methyl/N-ethyl adjacent to an activating group) is 1. The summed E-state index contributed by atoms with van der Waals surface area (Å²) in [5, 5.41) is 27.7. The Kier molecular flexibility index (Phi) is 4.44. The molecule has 6 atom stereocenters. The molecule has 7 nitrogen and oxygen atoms in total. The highest BCUT2D eigenvalue weighted by atomic mass is 19.4. The zero-order valence-corrected chi connectivity index (χ0v) is 18.0. The third-order valence-electron chi connectivity index (χ3n) is 8.47. The first kappa shape index (κ1) is 22.0. The number of hydrogen-bond acceptors (Lipinski definition) is 6. The van der Waals surface area contributed by atoms with Crippen molar-refractivity contribution in [2.24, 2.45) is 11.3 Å². The molecule has 2 spiro atoms. The Bertz CT molecular complexity index is 1110. The quantitative estimate of drug-likeness (QED) is 0.616. The van der Waals surface area contributed by atoms with Gasteiger partial charge in [-0.25, -0.2) is 4.79 Å². The lowest BCUT2D eigenvalue weighted by atomic mass is 9.37. The summed E-state index contributed by atoms with van der Waals surface area (Å²) in [6.45, 7) is 0.992. The molecule has 0 unspecified atom stereocenters. The van der Waals surface area contributed by atoms with Gasteiger partial charge in [-0.15, -0.1) is 0 Å². The Morgan fingerprint density at radius 3 is 2.67 bits per heavy atom. The number of aromatic hydroxyl groups is 1. The molecule has 2 heterocycles. The van der Waals surface area contributed by atoms with Gasteiger partial charge in [0.15, 0.2) is 11.5 Å². The predicted octanol–water partition coefficient (Wildman–Crippen LogP) is 2.77. The van der Waals surface area contributed by atoms with Gasteiger partial charge in [-0.1, -0.05) is 18.2 Å². The minimum absolute atomic E-state index is 0.141. The molecule has 1 saturated heterocycles. The van der Waals surface area contributed by atoms with Crippen LogP contribution in [0.15, 0.2) is 24.3 Å². The molecule has 2 fully saturated rings. The number of methoxy groups -OCH3 is 1. The normalized spacial score (nSPS) is 39.1. The maximum Gasteiger partial charge on any atom is 0.490 e. The lowest BCUT2D eigenvalue weighted by molar-refractivity contribution is -0.203. The largest absolute Gasteiger partial charge is 0.504 e. The number of phenols is 1. The van der Waals surface area contributed by atoms with Crippen LogP contribution in [0, 0.1) is 22.7 Å². The zero-order chi connectivity index (χ0) is 24.0. The van der Waals surface area contributed by atoms with Crippen molar-refractivity contribution in [3.8, 4) is 17.6 Å². The van der Waals surface area contributed by atoms with E-state index in [1.54, 1.807) is 13.2 Å². The van der Waals surface area contributed by atoms with Gasteiger partial charge in [0.1, 0.15) is 11.7 Å². The summed E-state index contributed by atoms with van der Waals surface area (Å²) in [6, 6.07) is 6.68. The number of rotatable bonds is 1. The van der Waals surface area contributed by atoms with E-state index < -0.39 is 17.7 Å². The topological polar surface area (TPSA) is 103 Å². The van der Waals surface area contributed by atoms with Crippen LogP contribution in [0.25, 0.3) is 0 Å². The average Bonchev–Trinajstić information content (AvgIpc) is 3.14. The summed E-state index contributed by atoms with van der Waals surface area (Å²) in [7, 11) is 3.89. The number of hydrogen-bond donors (Lipinski definition) is 2. The highest BCUT2D eigenvalue weighted by Gasteiger charge is 2.79. The number of nitriles is 1. The summed E-state index contributed by atoms with van der Waals surface area (Å²) < 4.78 is 44.3. The molecule has 1 aromatic carbocycles. The van der Waals surface area contributed by atoms with Gasteiger partial charge >= 0.3 is 12.1 Å². The van der Waals surface area contributed by atoms with E-state index in [1.165, 1.54) is 11.1 Å². The summed E-state index contributed by atoms with van der Waals surface area (Å²) in [5.41, 5.74) is 1.36. The van der Waals surface area contributed by atoms with Crippen molar-refractivity contribution in [1.29, 1.82) is 5.26 Å². The van der Waals surface area contributed by atoms with Crippen molar-refractivity contribution >= 4 is 5.97 Å². The maximum absolute atomic E-state index is 10.6. The summed E-state index contributed by atoms with van der Waals surface area (Å²) in [5.74, 6) is -2.17. The minimum Gasteiger partial charge on any atom is -0.504 e. The number of halogens is 3. The molecule has 2 aliphatic heterocycles. The molecule has 0 amide bonds. The van der Waals surface area contributed by atoms with Crippen LogP contribution in [-0.4, -0.2) is 65.7 Å². The first-order valence-electron chi connectivity index (χ1n) is 10.7. The Labute approximate surface area is 188 Å². The molecule has 0 aromatic heterocycles. The maximum atomic E-state index is 10.6. The van der Waals surface area contributed by atoms with Gasteiger partial charge in [-0.2, -0.15) is 18.4 Å². The van der Waals surface area contributed by atoms with E-state index in [0.717, 1.165) is 25.8 Å². The summed E-state index contributed by atoms with van der Waals surface area (Å²) in [6.07, 6.45) is 1.78. The Morgan fingerprint density at radius 2 is 2.06 bits per heavy atom. The molecular weight excluding hydrogens is 441 g/mol. The number of piperidine rings is 1. The highest BCUT2D eigenvalue weighted by molar-refractivity contribution is 5.73. The number of carboxylic acid groups (broad SMARTS) is 1. The van der Waals surface area contributed by atoms with Gasteiger partial charge in [0.05, 0.1) is 17.4 Å². The van der Waals surface area contributed by atoms with Crippen LogP contribution < -0.4 is 4.74 Å². The van der Waals surface area contributed by atoms with E-state index >= 15 is 0 Å². The smallest absolute Gasteiger partial charge is 0.490 e. The second kappa shape index (κ2) is 6.64. The number of likely N-dealkylation sites (tertiary alicyclic amines) is 1. The van der Waals surface area contributed by atoms with Crippen LogP contribution in [0.3, 0.4) is 0 Å². The Hall–Kier alpha value is -2.77. The van der Waals surface area contributed by atoms with E-state index in [9.17, 15) is 23.5 Å². The monoisotopic (exact) mass is 464 g/mol. The molecule has 2 N–H and O–H groups in total. The lowest BCUT2D eigenvalue weighted by Crippen LogP contribution is -2.78. The molecule has 4 aliphatic carbocycles. The van der Waals surface area contributed by atoms with Crippen molar-refractivity contribution < 1.29 is 37.7 Å². The lowest BCUT2D eigenvalue weighted by Gasteiger charge is -2.70. The van der Waals surface area contributed by atoms with Crippen LogP contribution in [-0.2, 0) is 21.4 Å². The molecule has 0 radical (unpaired) electrons. The van der Waals surface area contributed by atoms with E-state index in [-0.39, 0.29) is 28.6 Å². The standard InChI is InChI=1S/C21H22N2O3.C2HF3O2/c1-23-8-7-20-16-12-3-4-14(24)17(16)26-18(20)21(25-2)6-5-19(20,15(23)9-12)10-13(21)11-22;3-2(4,5)1(6)7/h3-6,13,15,18,24H,7-10H2,1-2H3;(H,6,7)/t13-,15+,18+,19+,20-,21-;/m0./s1. The second-order valence-electron chi connectivity index (χ2n) is 9.49. The van der Waals surface area contributed by atoms with E-state index in [0.29, 0.717) is 11.8 Å². The molecule has 1 aromatic rings. The molecule has 10 heteroatoms. The van der Waals surface area contributed by atoms with E-state index in [2.05, 4.69) is 36.2 Å². The molecule has 6 aliphatic rings. The highest BCUT2D eigenvalue weighted by Crippen LogP contribution is 2.74. The van der Waals surface area contributed by atoms with Gasteiger partial charge < -0.3 is 24.6 Å². The number of fused-ring (bicyclic) bond motifs is 1. The first-order valence-corrected chi connectivity index (χ1v) is 10.7. The molecule has 4 bridgehead atoms. The third-order valence-corrected chi connectivity index (χ3v) is 8.47. The number of benzene rings is 1. The number of carboxylic acids is 1. The van der Waals surface area contributed by atoms with E-state index in [1.807, 2.05) is 0 Å². The van der Waals surface area contributed by atoms with Crippen molar-refractivity contribution in [2.75, 3.05) is 20.7 Å².